The molecule has 4 rings (SSSR count). The second-order valence-electron chi connectivity index (χ2n) is 11.0. The first-order valence-corrected chi connectivity index (χ1v) is 14.9. The van der Waals surface area contributed by atoms with E-state index in [2.05, 4.69) is 39.9 Å². The van der Waals surface area contributed by atoms with Gasteiger partial charge in [0.2, 0.25) is 5.69 Å². The Morgan fingerprint density at radius 1 is 1.05 bits per heavy atom. The van der Waals surface area contributed by atoms with E-state index >= 15 is 0 Å². The molecule has 0 saturated carbocycles. The molecule has 0 aromatic heterocycles. The van der Waals surface area contributed by atoms with Gasteiger partial charge in [0.25, 0.3) is 10.1 Å². The van der Waals surface area contributed by atoms with Crippen molar-refractivity contribution in [3.63, 3.8) is 0 Å². The second-order valence-corrected chi connectivity index (χ2v) is 13.2. The highest BCUT2D eigenvalue weighted by Crippen LogP contribution is 2.47. The maximum absolute atomic E-state index is 11.7. The Morgan fingerprint density at radius 2 is 1.77 bits per heavy atom. The minimum Gasteiger partial charge on any atom is -0.347 e. The van der Waals surface area contributed by atoms with Crippen molar-refractivity contribution >= 4 is 39.2 Å². The smallest absolute Gasteiger partial charge is 0.294 e. The summed E-state index contributed by atoms with van der Waals surface area (Å²) < 4.78 is 39.6. The molecule has 2 aliphatic rings. The Bertz CT molecular complexity index is 1600. The van der Waals surface area contributed by atoms with Gasteiger partial charge in [0.15, 0.2) is 5.71 Å². The summed E-state index contributed by atoms with van der Waals surface area (Å²) in [6.07, 6.45) is 12.3. The van der Waals surface area contributed by atoms with Gasteiger partial charge in [0.1, 0.15) is 7.05 Å². The average molecular weight is 584 g/mol. The number of benzene rings is 2. The van der Waals surface area contributed by atoms with Crippen LogP contribution in [0.25, 0.3) is 0 Å². The lowest BCUT2D eigenvalue weighted by molar-refractivity contribution is -0.432. The van der Waals surface area contributed by atoms with E-state index in [-0.39, 0.29) is 10.3 Å². The van der Waals surface area contributed by atoms with E-state index < -0.39 is 15.5 Å². The van der Waals surface area contributed by atoms with Crippen molar-refractivity contribution in [2.75, 3.05) is 19.0 Å². The summed E-state index contributed by atoms with van der Waals surface area (Å²) in [5.41, 5.74) is 6.58. The Balaban J connectivity index is 1.51. The number of rotatable bonds is 8. The molecule has 0 saturated heterocycles. The predicted molar refractivity (Wildman–Crippen MR) is 159 cm³/mol. The van der Waals surface area contributed by atoms with Gasteiger partial charge in [-0.2, -0.15) is 13.0 Å². The van der Waals surface area contributed by atoms with E-state index in [0.717, 1.165) is 56.4 Å². The van der Waals surface area contributed by atoms with Gasteiger partial charge in [-0.1, -0.05) is 48.8 Å². The highest BCUT2D eigenvalue weighted by Gasteiger charge is 2.43. The molecule has 8 nitrogen and oxygen atoms in total. The van der Waals surface area contributed by atoms with Crippen molar-refractivity contribution < 1.29 is 32.2 Å². The van der Waals surface area contributed by atoms with Crippen molar-refractivity contribution in [1.82, 2.24) is 0 Å². The third kappa shape index (κ3) is 5.60. The van der Waals surface area contributed by atoms with E-state index in [0.29, 0.717) is 0 Å². The summed E-state index contributed by atoms with van der Waals surface area (Å²) in [5.74, 6) is 0. The Morgan fingerprint density at radius 3 is 2.45 bits per heavy atom. The summed E-state index contributed by atoms with van der Waals surface area (Å²) in [7, 11) is -0.271. The van der Waals surface area contributed by atoms with Crippen molar-refractivity contribution in [3.8, 4) is 0 Å². The fraction of sp³-hybridized carbons (Fsp3) is 0.300. The fourth-order valence-electron chi connectivity index (χ4n) is 5.54. The minimum absolute atomic E-state index is 0.100. The summed E-state index contributed by atoms with van der Waals surface area (Å²) >= 11 is 0.949. The van der Waals surface area contributed by atoms with E-state index in [1.165, 1.54) is 6.07 Å². The van der Waals surface area contributed by atoms with E-state index in [1.807, 2.05) is 82.3 Å². The zero-order chi connectivity index (χ0) is 29.5. The lowest BCUT2D eigenvalue weighted by Gasteiger charge is -2.23. The summed E-state index contributed by atoms with van der Waals surface area (Å²) in [6, 6.07) is 10.7. The lowest BCUT2D eigenvalue weighted by atomic mass is 9.81. The maximum atomic E-state index is 11.7. The van der Waals surface area contributed by atoms with Gasteiger partial charge in [0.05, 0.1) is 22.4 Å². The molecule has 0 aliphatic carbocycles. The Hall–Kier alpha value is -2.99. The normalized spacial score (nSPS) is 19.4. The largest absolute Gasteiger partial charge is 0.347 e. The first-order valence-electron chi connectivity index (χ1n) is 12.7. The van der Waals surface area contributed by atoms with Gasteiger partial charge in [-0.3, -0.25) is 4.55 Å². The summed E-state index contributed by atoms with van der Waals surface area (Å²) in [4.78, 5) is 2.77. The third-order valence-corrected chi connectivity index (χ3v) is 9.12. The minimum atomic E-state index is -4.27. The van der Waals surface area contributed by atoms with Crippen LogP contribution in [0.4, 0.5) is 11.4 Å². The number of likely N-dealkylation sites (N-methyl/N-ethyl adjacent to an activating group) is 1. The molecule has 0 spiro atoms. The Kier molecular flexibility index (Phi) is 8.33. The standard InChI is InChI=1S/C30H34N2O6S2/c1-20(10-8-12-27-29(2,3)23-18-21(39-38-37-33)14-16-25(23)31(27)6)11-9-13-28-30(4,5)24-19-22(40(34,35)36)15-17-26(24)32(28)7/h8-19H,1-7H3,(H-,33,34,35,36)/p+1. The molecule has 0 atom stereocenters. The molecule has 212 valence electrons. The van der Waals surface area contributed by atoms with Crippen molar-refractivity contribution in [3.05, 3.63) is 95.3 Å². The van der Waals surface area contributed by atoms with Gasteiger partial charge in [-0.05, 0) is 62.7 Å². The van der Waals surface area contributed by atoms with Crippen LogP contribution in [-0.2, 0) is 30.3 Å². The summed E-state index contributed by atoms with van der Waals surface area (Å²) in [6.45, 7) is 10.5. The van der Waals surface area contributed by atoms with Crippen LogP contribution in [-0.4, -0.2) is 42.6 Å². The highest BCUT2D eigenvalue weighted by atomic mass is 32.2. The van der Waals surface area contributed by atoms with E-state index in [9.17, 15) is 13.0 Å². The molecule has 0 fully saturated rings. The van der Waals surface area contributed by atoms with Crippen LogP contribution in [0, 0.1) is 0 Å². The second kappa shape index (κ2) is 11.1. The van der Waals surface area contributed by atoms with Crippen molar-refractivity contribution in [1.29, 1.82) is 0 Å². The van der Waals surface area contributed by atoms with Crippen LogP contribution in [0.1, 0.15) is 45.7 Å². The quantitative estimate of drug-likeness (QED) is 0.0881. The van der Waals surface area contributed by atoms with E-state index in [1.54, 1.807) is 12.1 Å². The molecule has 0 amide bonds. The molecule has 0 unspecified atom stereocenters. The van der Waals surface area contributed by atoms with Crippen molar-refractivity contribution in [2.24, 2.45) is 0 Å². The number of hydrogen-bond acceptors (Lipinski definition) is 7. The number of allylic oxidation sites excluding steroid dienone is 8. The number of fused-ring (bicyclic) bond motifs is 2. The predicted octanol–water partition coefficient (Wildman–Crippen LogP) is 6.74. The molecular weight excluding hydrogens is 548 g/mol. The summed E-state index contributed by atoms with van der Waals surface area (Å²) in [5, 5.41) is 12.2. The first kappa shape index (κ1) is 30.0. The molecule has 2 heterocycles. The molecule has 0 radical (unpaired) electrons. The van der Waals surface area contributed by atoms with E-state index in [4.69, 9.17) is 5.26 Å². The van der Waals surface area contributed by atoms with Gasteiger partial charge >= 0.3 is 0 Å². The van der Waals surface area contributed by atoms with Crippen LogP contribution in [0.2, 0.25) is 0 Å². The number of nitrogens with zero attached hydrogens (tertiary/aromatic N) is 2. The Labute approximate surface area is 240 Å². The molecule has 0 bridgehead atoms. The number of anilines is 1. The molecule has 2 aliphatic heterocycles. The zero-order valence-electron chi connectivity index (χ0n) is 23.7. The van der Waals surface area contributed by atoms with Crippen LogP contribution in [0.3, 0.4) is 0 Å². The monoisotopic (exact) mass is 583 g/mol. The molecule has 2 N–H and O–H groups in total. The topological polar surface area (TPSA) is 99.3 Å². The van der Waals surface area contributed by atoms with Gasteiger partial charge in [-0.15, -0.1) is 4.33 Å². The highest BCUT2D eigenvalue weighted by molar-refractivity contribution is 7.94. The average Bonchev–Trinajstić information content (AvgIpc) is 3.20. The maximum Gasteiger partial charge on any atom is 0.294 e. The van der Waals surface area contributed by atoms with Crippen molar-refractivity contribution in [2.45, 2.75) is 55.2 Å². The number of hydrogen-bond donors (Lipinski definition) is 2. The lowest BCUT2D eigenvalue weighted by Crippen LogP contribution is -2.26. The fourth-order valence-corrected chi connectivity index (χ4v) is 6.44. The van der Waals surface area contributed by atoms with Gasteiger partial charge < -0.3 is 4.90 Å². The van der Waals surface area contributed by atoms with Gasteiger partial charge in [0, 0.05) is 46.4 Å². The van der Waals surface area contributed by atoms with Crippen LogP contribution < -0.4 is 4.90 Å². The van der Waals surface area contributed by atoms with Crippen LogP contribution in [0.15, 0.2) is 93.9 Å². The molecule has 10 heteroatoms. The first-order chi connectivity index (χ1) is 18.7. The molecular formula is C30H35N2O6S2+. The SMILES string of the molecule is CC(C=CC=C1N(C)c2ccc(S(=O)(=O)O)cc2C1(C)C)=CC=CC1=[N+](C)c2ccc(SOOO)cc2C1(C)C. The third-order valence-electron chi connectivity index (χ3n) is 7.69. The van der Waals surface area contributed by atoms with Crippen LogP contribution >= 0.6 is 12.0 Å². The van der Waals surface area contributed by atoms with Crippen LogP contribution in [0.5, 0.6) is 0 Å². The van der Waals surface area contributed by atoms with Gasteiger partial charge in [-0.25, -0.2) is 5.26 Å². The molecule has 40 heavy (non-hydrogen) atoms. The molecule has 2 aromatic rings. The molecule has 2 aromatic carbocycles. The zero-order valence-corrected chi connectivity index (χ0v) is 25.3.